The van der Waals surface area contributed by atoms with Crippen molar-refractivity contribution in [1.29, 1.82) is 0 Å². The molecule has 27 heavy (non-hydrogen) atoms. The van der Waals surface area contributed by atoms with Crippen LogP contribution in [0.5, 0.6) is 5.75 Å². The highest BCUT2D eigenvalue weighted by atomic mass is 19.4. The molecule has 1 aromatic carbocycles. The SMILES string of the molecule is CCOC(=O)c1cc(NC(=O)c2ccc(OC)cc2)c(=O)oc1C(F)(F)F. The lowest BCUT2D eigenvalue weighted by Gasteiger charge is -2.12. The number of benzene rings is 1. The average molecular weight is 385 g/mol. The van der Waals surface area contributed by atoms with E-state index in [0.29, 0.717) is 11.8 Å². The van der Waals surface area contributed by atoms with E-state index >= 15 is 0 Å². The normalized spacial score (nSPS) is 11.0. The first kappa shape index (κ1) is 20.0. The van der Waals surface area contributed by atoms with E-state index in [1.54, 1.807) is 0 Å². The maximum atomic E-state index is 13.0. The van der Waals surface area contributed by atoms with E-state index in [-0.39, 0.29) is 12.2 Å². The highest BCUT2D eigenvalue weighted by Crippen LogP contribution is 2.32. The van der Waals surface area contributed by atoms with Crippen molar-refractivity contribution in [3.8, 4) is 5.75 Å². The van der Waals surface area contributed by atoms with E-state index < -0.39 is 40.7 Å². The molecule has 0 bridgehead atoms. The molecule has 0 spiro atoms. The molecule has 0 saturated carbocycles. The van der Waals surface area contributed by atoms with Crippen LogP contribution in [0.25, 0.3) is 0 Å². The molecule has 0 fully saturated rings. The van der Waals surface area contributed by atoms with E-state index in [0.717, 1.165) is 0 Å². The number of hydrogen-bond acceptors (Lipinski definition) is 6. The van der Waals surface area contributed by atoms with Crippen molar-refractivity contribution < 1.29 is 36.7 Å². The van der Waals surface area contributed by atoms with Gasteiger partial charge < -0.3 is 19.2 Å². The van der Waals surface area contributed by atoms with Crippen molar-refractivity contribution in [1.82, 2.24) is 0 Å². The Balaban J connectivity index is 2.41. The first-order chi connectivity index (χ1) is 12.7. The zero-order valence-corrected chi connectivity index (χ0v) is 14.2. The molecule has 0 aliphatic rings. The van der Waals surface area contributed by atoms with Crippen molar-refractivity contribution in [3.05, 3.63) is 57.6 Å². The van der Waals surface area contributed by atoms with Gasteiger partial charge in [0.15, 0.2) is 0 Å². The second-order valence-electron chi connectivity index (χ2n) is 5.09. The summed E-state index contributed by atoms with van der Waals surface area (Å²) < 4.78 is 52.8. The van der Waals surface area contributed by atoms with Gasteiger partial charge in [0.1, 0.15) is 17.0 Å². The number of esters is 1. The third-order valence-electron chi connectivity index (χ3n) is 3.30. The van der Waals surface area contributed by atoms with E-state index in [9.17, 15) is 27.6 Å². The summed E-state index contributed by atoms with van der Waals surface area (Å²) in [6.07, 6.45) is -5.10. The summed E-state index contributed by atoms with van der Waals surface area (Å²) in [4.78, 5) is 35.8. The Morgan fingerprint density at radius 3 is 2.33 bits per heavy atom. The number of carbonyl (C=O) groups excluding carboxylic acids is 2. The Morgan fingerprint density at radius 2 is 1.81 bits per heavy atom. The molecular formula is C17H14F3NO6. The Kier molecular flexibility index (Phi) is 5.88. The quantitative estimate of drug-likeness (QED) is 0.795. The molecule has 1 aromatic heterocycles. The Labute approximate surface area is 150 Å². The zero-order chi connectivity index (χ0) is 20.2. The van der Waals surface area contributed by atoms with Crippen molar-refractivity contribution in [2.45, 2.75) is 13.1 Å². The topological polar surface area (TPSA) is 94.8 Å². The monoisotopic (exact) mass is 385 g/mol. The molecule has 0 aliphatic carbocycles. The Morgan fingerprint density at radius 1 is 1.19 bits per heavy atom. The fourth-order valence-electron chi connectivity index (χ4n) is 2.07. The molecule has 0 radical (unpaired) electrons. The summed E-state index contributed by atoms with van der Waals surface area (Å²) in [6, 6.07) is 6.30. The number of rotatable bonds is 5. The van der Waals surface area contributed by atoms with Crippen LogP contribution in [-0.4, -0.2) is 25.6 Å². The average Bonchev–Trinajstić information content (AvgIpc) is 2.62. The summed E-state index contributed by atoms with van der Waals surface area (Å²) in [7, 11) is 1.43. The van der Waals surface area contributed by atoms with Crippen LogP contribution in [0.4, 0.5) is 18.9 Å². The molecule has 0 saturated heterocycles. The molecule has 7 nitrogen and oxygen atoms in total. The largest absolute Gasteiger partial charge is 0.497 e. The molecule has 144 valence electrons. The van der Waals surface area contributed by atoms with Gasteiger partial charge in [-0.2, -0.15) is 13.2 Å². The lowest BCUT2D eigenvalue weighted by atomic mass is 10.1. The van der Waals surface area contributed by atoms with Gasteiger partial charge >= 0.3 is 17.8 Å². The van der Waals surface area contributed by atoms with Gasteiger partial charge in [-0.15, -0.1) is 0 Å². The van der Waals surface area contributed by atoms with Crippen molar-refractivity contribution in [3.63, 3.8) is 0 Å². The lowest BCUT2D eigenvalue weighted by Crippen LogP contribution is -2.23. The van der Waals surface area contributed by atoms with Gasteiger partial charge in [-0.3, -0.25) is 4.79 Å². The number of amides is 1. The van der Waals surface area contributed by atoms with Crippen LogP contribution in [0.15, 0.2) is 39.5 Å². The fraction of sp³-hybridized carbons (Fsp3) is 0.235. The van der Waals surface area contributed by atoms with Crippen LogP contribution >= 0.6 is 0 Å². The number of halogens is 3. The standard InChI is InChI=1S/C17H14F3NO6/c1-3-26-15(23)11-8-12(16(24)27-13(11)17(18,19)20)21-14(22)9-4-6-10(25-2)7-5-9/h4-8H,3H2,1-2H3,(H,21,22). The van der Waals surface area contributed by atoms with E-state index in [2.05, 4.69) is 14.5 Å². The first-order valence-electron chi connectivity index (χ1n) is 7.55. The highest BCUT2D eigenvalue weighted by Gasteiger charge is 2.40. The van der Waals surface area contributed by atoms with Crippen molar-refractivity contribution in [2.24, 2.45) is 0 Å². The molecular weight excluding hydrogens is 371 g/mol. The van der Waals surface area contributed by atoms with Crippen LogP contribution in [-0.2, 0) is 10.9 Å². The van der Waals surface area contributed by atoms with Gasteiger partial charge in [0.2, 0.25) is 5.76 Å². The van der Waals surface area contributed by atoms with Crippen LogP contribution in [0.1, 0.15) is 33.4 Å². The summed E-state index contributed by atoms with van der Waals surface area (Å²) in [5, 5.41) is 2.12. The molecule has 0 atom stereocenters. The number of ether oxygens (including phenoxy) is 2. The zero-order valence-electron chi connectivity index (χ0n) is 14.2. The summed E-state index contributed by atoms with van der Waals surface area (Å²) in [5.41, 5.74) is -3.01. The summed E-state index contributed by atoms with van der Waals surface area (Å²) >= 11 is 0. The number of hydrogen-bond donors (Lipinski definition) is 1. The minimum Gasteiger partial charge on any atom is -0.497 e. The fourth-order valence-corrected chi connectivity index (χ4v) is 2.07. The third-order valence-corrected chi connectivity index (χ3v) is 3.30. The lowest BCUT2D eigenvalue weighted by molar-refractivity contribution is -0.155. The number of anilines is 1. The molecule has 1 N–H and O–H groups in total. The number of methoxy groups -OCH3 is 1. The van der Waals surface area contributed by atoms with Crippen molar-refractivity contribution >= 4 is 17.6 Å². The first-order valence-corrected chi connectivity index (χ1v) is 7.55. The predicted octanol–water partition coefficient (Wildman–Crippen LogP) is 3.10. The van der Waals surface area contributed by atoms with Gasteiger partial charge in [0, 0.05) is 5.56 Å². The smallest absolute Gasteiger partial charge is 0.450 e. The number of carbonyl (C=O) groups is 2. The summed E-state index contributed by atoms with van der Waals surface area (Å²) in [6.45, 7) is 1.21. The van der Waals surface area contributed by atoms with E-state index in [4.69, 9.17) is 4.74 Å². The second-order valence-corrected chi connectivity index (χ2v) is 5.09. The molecule has 2 aromatic rings. The van der Waals surface area contributed by atoms with Crippen molar-refractivity contribution in [2.75, 3.05) is 19.0 Å². The molecule has 0 unspecified atom stereocenters. The number of alkyl halides is 3. The molecule has 10 heteroatoms. The van der Waals surface area contributed by atoms with Crippen LogP contribution in [0, 0.1) is 0 Å². The predicted molar refractivity (Wildman–Crippen MR) is 86.9 cm³/mol. The molecule has 0 aliphatic heterocycles. The third kappa shape index (κ3) is 4.66. The maximum Gasteiger partial charge on any atom is 0.450 e. The van der Waals surface area contributed by atoms with Gasteiger partial charge in [-0.1, -0.05) is 0 Å². The molecule has 1 heterocycles. The van der Waals surface area contributed by atoms with E-state index in [1.807, 2.05) is 0 Å². The Bertz CT molecular complexity index is 902. The maximum absolute atomic E-state index is 13.0. The van der Waals surface area contributed by atoms with Crippen LogP contribution in [0.2, 0.25) is 0 Å². The van der Waals surface area contributed by atoms with Crippen LogP contribution < -0.4 is 15.7 Å². The van der Waals surface area contributed by atoms with Gasteiger partial charge in [0.25, 0.3) is 5.91 Å². The molecule has 1 amide bonds. The van der Waals surface area contributed by atoms with Crippen LogP contribution in [0.3, 0.4) is 0 Å². The van der Waals surface area contributed by atoms with Gasteiger partial charge in [-0.25, -0.2) is 9.59 Å². The minimum absolute atomic E-state index is 0.104. The minimum atomic E-state index is -5.10. The Hall–Kier alpha value is -3.30. The molecule has 2 rings (SSSR count). The summed E-state index contributed by atoms with van der Waals surface area (Å²) in [5.74, 6) is -3.45. The van der Waals surface area contributed by atoms with Gasteiger partial charge in [-0.05, 0) is 37.3 Å². The van der Waals surface area contributed by atoms with Gasteiger partial charge in [0.05, 0.1) is 13.7 Å². The highest BCUT2D eigenvalue weighted by molar-refractivity contribution is 6.04. The van der Waals surface area contributed by atoms with E-state index in [1.165, 1.54) is 38.3 Å². The number of nitrogens with one attached hydrogen (secondary N) is 1. The second kappa shape index (κ2) is 7.94.